The van der Waals surface area contributed by atoms with E-state index in [-0.39, 0.29) is 53.0 Å². The molecule has 8 nitrogen and oxygen atoms in total. The molecule has 6 rings (SSSR count). The Morgan fingerprint density at radius 2 is 1.97 bits per heavy atom. The van der Waals surface area contributed by atoms with E-state index in [0.29, 0.717) is 24.9 Å². The molecule has 5 fully saturated rings. The van der Waals surface area contributed by atoms with E-state index in [1.807, 2.05) is 29.0 Å². The molecule has 0 spiro atoms. The van der Waals surface area contributed by atoms with Crippen LogP contribution in [-0.2, 0) is 0 Å². The fraction of sp³-hybridized carbons (Fsp3) is 0.806. The lowest BCUT2D eigenvalue weighted by molar-refractivity contribution is -0.203. The number of hydrogen-bond donors (Lipinski definition) is 3. The topological polar surface area (TPSA) is 106 Å². The third-order valence-corrected chi connectivity index (χ3v) is 12.6. The van der Waals surface area contributed by atoms with Crippen molar-refractivity contribution in [3.8, 4) is 0 Å². The highest BCUT2D eigenvalue weighted by Gasteiger charge is 2.67. The number of fused-ring (bicyclic) bond motifs is 5. The molecular weight excluding hydrogens is 494 g/mol. The highest BCUT2D eigenvalue weighted by molar-refractivity contribution is 5.75. The standard InChI is InChI=1S/C31H47N3O5/c1-29-11-8-21(33(3)28(37)34-15-14-32-18-22(34)19-35)17-20(29)6-7-26-25(29)9-12-30(2)24(10-13-31(26,30)38)23-5-4-16-39-27(23)36/h4-5,16,20-22,24-26,32,35,38H,6-15,17-19H2,1-3H3/t20-,21+,22-,24+,25+,26-,29+,30-,31+/m1/s1. The Morgan fingerprint density at radius 3 is 2.74 bits per heavy atom. The number of aliphatic hydroxyl groups is 2. The van der Waals surface area contributed by atoms with Crippen LogP contribution in [0.3, 0.4) is 0 Å². The van der Waals surface area contributed by atoms with Gasteiger partial charge in [0.25, 0.3) is 0 Å². The zero-order chi connectivity index (χ0) is 27.6. The second-order valence-electron chi connectivity index (χ2n) is 13.9. The van der Waals surface area contributed by atoms with Crippen molar-refractivity contribution < 1.29 is 19.4 Å². The predicted octanol–water partition coefficient (Wildman–Crippen LogP) is 3.57. The number of carbonyl (C=O) groups excluding carboxylic acids is 1. The molecule has 3 N–H and O–H groups in total. The molecular formula is C31H47N3O5. The van der Waals surface area contributed by atoms with Crippen LogP contribution in [-0.4, -0.2) is 77.0 Å². The number of carbonyl (C=O) groups is 1. The summed E-state index contributed by atoms with van der Waals surface area (Å²) >= 11 is 0. The number of urea groups is 1. The molecule has 1 aromatic heterocycles. The van der Waals surface area contributed by atoms with Crippen LogP contribution in [0, 0.1) is 28.6 Å². The summed E-state index contributed by atoms with van der Waals surface area (Å²) in [5.74, 6) is 1.29. The first kappa shape index (κ1) is 27.3. The summed E-state index contributed by atoms with van der Waals surface area (Å²) in [6.07, 6.45) is 10.2. The summed E-state index contributed by atoms with van der Waals surface area (Å²) in [5.41, 5.74) is -0.442. The van der Waals surface area contributed by atoms with Gasteiger partial charge < -0.3 is 29.7 Å². The molecule has 9 atom stereocenters. The van der Waals surface area contributed by atoms with Crippen molar-refractivity contribution in [3.63, 3.8) is 0 Å². The molecule has 4 aliphatic carbocycles. The van der Waals surface area contributed by atoms with Gasteiger partial charge in [-0.25, -0.2) is 9.59 Å². The minimum absolute atomic E-state index is 0.0150. The minimum Gasteiger partial charge on any atom is -0.431 e. The number of amides is 2. The number of nitrogens with one attached hydrogen (secondary N) is 1. The minimum atomic E-state index is -0.762. The Hall–Kier alpha value is -1.90. The number of hydrogen-bond acceptors (Lipinski definition) is 6. The van der Waals surface area contributed by atoms with Crippen LogP contribution in [0.2, 0.25) is 0 Å². The molecule has 39 heavy (non-hydrogen) atoms. The maximum atomic E-state index is 13.5. The van der Waals surface area contributed by atoms with Gasteiger partial charge in [-0.05, 0) is 99.0 Å². The van der Waals surface area contributed by atoms with E-state index in [9.17, 15) is 19.8 Å². The second-order valence-corrected chi connectivity index (χ2v) is 13.9. The molecule has 216 valence electrons. The Labute approximate surface area is 232 Å². The van der Waals surface area contributed by atoms with Gasteiger partial charge in [0, 0.05) is 43.7 Å². The first-order valence-corrected chi connectivity index (χ1v) is 15.3. The third kappa shape index (κ3) is 4.03. The summed E-state index contributed by atoms with van der Waals surface area (Å²) in [7, 11) is 1.95. The molecule has 1 saturated heterocycles. The SMILES string of the molecule is CN(C(=O)N1CCNC[C@@H]1CO)[C@H]1CC[C@@]2(C)[C@H](CC[C@@H]3[C@@H]2CC[C@]2(C)[C@H](c4cccoc4=O)CC[C@]32O)C1. The molecule has 4 saturated carbocycles. The monoisotopic (exact) mass is 541 g/mol. The lowest BCUT2D eigenvalue weighted by Crippen LogP contribution is -2.63. The average molecular weight is 542 g/mol. The number of rotatable bonds is 3. The van der Waals surface area contributed by atoms with E-state index in [2.05, 4.69) is 19.2 Å². The fourth-order valence-electron chi connectivity index (χ4n) is 10.2. The Kier molecular flexibility index (Phi) is 6.91. The van der Waals surface area contributed by atoms with Gasteiger partial charge in [0.1, 0.15) is 0 Å². The molecule has 5 aliphatic rings. The van der Waals surface area contributed by atoms with E-state index in [0.717, 1.165) is 69.9 Å². The van der Waals surface area contributed by atoms with Crippen molar-refractivity contribution in [1.29, 1.82) is 0 Å². The lowest BCUT2D eigenvalue weighted by Gasteiger charge is -2.64. The van der Waals surface area contributed by atoms with Gasteiger partial charge in [0.15, 0.2) is 0 Å². The number of piperazine rings is 1. The van der Waals surface area contributed by atoms with Crippen molar-refractivity contribution in [2.24, 2.45) is 28.6 Å². The van der Waals surface area contributed by atoms with Gasteiger partial charge in [-0.3, -0.25) is 0 Å². The maximum absolute atomic E-state index is 13.5. The predicted molar refractivity (Wildman–Crippen MR) is 148 cm³/mol. The van der Waals surface area contributed by atoms with E-state index in [1.54, 1.807) is 0 Å². The van der Waals surface area contributed by atoms with E-state index in [1.165, 1.54) is 6.26 Å². The summed E-state index contributed by atoms with van der Waals surface area (Å²) in [6, 6.07) is 3.81. The Bertz CT molecular complexity index is 1140. The first-order chi connectivity index (χ1) is 18.6. The van der Waals surface area contributed by atoms with Gasteiger partial charge in [-0.15, -0.1) is 0 Å². The fourth-order valence-corrected chi connectivity index (χ4v) is 10.2. The molecule has 2 amide bonds. The van der Waals surface area contributed by atoms with Crippen molar-refractivity contribution in [1.82, 2.24) is 15.1 Å². The molecule has 0 unspecified atom stereocenters. The summed E-state index contributed by atoms with van der Waals surface area (Å²) in [6.45, 7) is 6.72. The largest absolute Gasteiger partial charge is 0.431 e. The van der Waals surface area contributed by atoms with E-state index in [4.69, 9.17) is 4.42 Å². The molecule has 1 aliphatic heterocycles. The highest BCUT2D eigenvalue weighted by Crippen LogP contribution is 2.70. The quantitative estimate of drug-likeness (QED) is 0.540. The van der Waals surface area contributed by atoms with Gasteiger partial charge >= 0.3 is 11.7 Å². The molecule has 8 heteroatoms. The Morgan fingerprint density at radius 1 is 1.15 bits per heavy atom. The molecule has 0 aromatic carbocycles. The summed E-state index contributed by atoms with van der Waals surface area (Å²) in [5, 5.41) is 25.6. The highest BCUT2D eigenvalue weighted by atomic mass is 16.4. The average Bonchev–Trinajstić information content (AvgIpc) is 3.23. The van der Waals surface area contributed by atoms with Gasteiger partial charge in [-0.1, -0.05) is 13.8 Å². The third-order valence-electron chi connectivity index (χ3n) is 12.6. The van der Waals surface area contributed by atoms with Crippen molar-refractivity contribution >= 4 is 6.03 Å². The Balaban J connectivity index is 1.19. The van der Waals surface area contributed by atoms with Crippen LogP contribution in [0.5, 0.6) is 0 Å². The zero-order valence-electron chi connectivity index (χ0n) is 23.9. The van der Waals surface area contributed by atoms with Crippen LogP contribution >= 0.6 is 0 Å². The van der Waals surface area contributed by atoms with Gasteiger partial charge in [-0.2, -0.15) is 0 Å². The summed E-state index contributed by atoms with van der Waals surface area (Å²) in [4.78, 5) is 29.9. The lowest BCUT2D eigenvalue weighted by atomic mass is 9.43. The van der Waals surface area contributed by atoms with E-state index < -0.39 is 5.60 Å². The zero-order valence-corrected chi connectivity index (χ0v) is 23.9. The van der Waals surface area contributed by atoms with Gasteiger partial charge in [0.05, 0.1) is 24.5 Å². The van der Waals surface area contributed by atoms with Crippen LogP contribution in [0.1, 0.15) is 83.1 Å². The number of aliphatic hydroxyl groups excluding tert-OH is 1. The van der Waals surface area contributed by atoms with Gasteiger partial charge in [0.2, 0.25) is 0 Å². The van der Waals surface area contributed by atoms with Crippen LogP contribution in [0.15, 0.2) is 27.6 Å². The molecule has 1 aromatic rings. The van der Waals surface area contributed by atoms with E-state index >= 15 is 0 Å². The molecule has 0 bridgehead atoms. The normalized spacial score (nSPS) is 43.8. The van der Waals surface area contributed by atoms with Crippen LogP contribution < -0.4 is 10.9 Å². The van der Waals surface area contributed by atoms with Crippen LogP contribution in [0.25, 0.3) is 0 Å². The first-order valence-electron chi connectivity index (χ1n) is 15.3. The molecule has 0 radical (unpaired) electrons. The number of nitrogens with zero attached hydrogens (tertiary/aromatic N) is 2. The summed E-state index contributed by atoms with van der Waals surface area (Å²) < 4.78 is 5.24. The molecule has 2 heterocycles. The van der Waals surface area contributed by atoms with Crippen LogP contribution in [0.4, 0.5) is 4.79 Å². The van der Waals surface area contributed by atoms with Crippen molar-refractivity contribution in [3.05, 3.63) is 34.4 Å². The maximum Gasteiger partial charge on any atom is 0.339 e. The van der Waals surface area contributed by atoms with Crippen molar-refractivity contribution in [2.45, 2.75) is 95.2 Å². The second kappa shape index (κ2) is 9.88. The van der Waals surface area contributed by atoms with Crippen molar-refractivity contribution in [2.75, 3.05) is 33.3 Å². The smallest absolute Gasteiger partial charge is 0.339 e.